The third-order valence-corrected chi connectivity index (χ3v) is 12.8. The molecule has 0 N–H and O–H groups in total. The van der Waals surface area contributed by atoms with E-state index in [4.69, 9.17) is 4.74 Å². The molecule has 2 unspecified atom stereocenters. The molecule has 0 aliphatic carbocycles. The van der Waals surface area contributed by atoms with Crippen molar-refractivity contribution in [3.63, 3.8) is 0 Å². The van der Waals surface area contributed by atoms with Gasteiger partial charge in [0.2, 0.25) is 0 Å². The molecule has 3 aromatic carbocycles. The fraction of sp³-hybridized carbons (Fsp3) is 0.250. The number of ketones is 1. The van der Waals surface area contributed by atoms with E-state index in [1.165, 1.54) is 0 Å². The Bertz CT molecular complexity index is 1060. The molecule has 0 radical (unpaired) electrons. The first kappa shape index (κ1) is 26.8. The number of carboxylic acids is 1. The molecule has 0 aliphatic rings. The zero-order chi connectivity index (χ0) is 25.5. The van der Waals surface area contributed by atoms with Crippen molar-refractivity contribution in [1.82, 2.24) is 0 Å². The lowest BCUT2D eigenvalue weighted by atomic mass is 9.99. The Balaban J connectivity index is 2.42. The highest BCUT2D eigenvalue weighted by Gasteiger charge is 2.71. The van der Waals surface area contributed by atoms with Gasteiger partial charge in [-0.05, 0) is 71.6 Å². The van der Waals surface area contributed by atoms with Gasteiger partial charge in [0.1, 0.15) is 23.2 Å². The summed E-state index contributed by atoms with van der Waals surface area (Å²) in [4.78, 5) is 39.3. The lowest BCUT2D eigenvalue weighted by molar-refractivity contribution is -0.306. The van der Waals surface area contributed by atoms with Gasteiger partial charge < -0.3 is 14.6 Å². The van der Waals surface area contributed by atoms with Crippen LogP contribution in [0.15, 0.2) is 91.0 Å². The molecule has 3 rings (SSSR count). The van der Waals surface area contributed by atoms with Crippen LogP contribution in [-0.2, 0) is 19.1 Å². The highest BCUT2D eigenvalue weighted by Crippen LogP contribution is 2.69. The molecular formula is C28H28BrO5P. The van der Waals surface area contributed by atoms with Crippen molar-refractivity contribution in [2.45, 2.75) is 30.8 Å². The number of hydrogen-bond donors (Lipinski definition) is 0. The fourth-order valence-corrected chi connectivity index (χ4v) is 11.2. The smallest absolute Gasteiger partial charge is 0.370 e. The second-order valence-corrected chi connectivity index (χ2v) is 13.7. The zero-order valence-electron chi connectivity index (χ0n) is 19.7. The van der Waals surface area contributed by atoms with Crippen molar-refractivity contribution < 1.29 is 24.2 Å². The number of benzene rings is 3. The predicted molar refractivity (Wildman–Crippen MR) is 142 cm³/mol. The van der Waals surface area contributed by atoms with E-state index in [1.54, 1.807) is 13.8 Å². The molecule has 0 spiro atoms. The van der Waals surface area contributed by atoms with Crippen LogP contribution in [0.5, 0.6) is 0 Å². The molecule has 0 heterocycles. The second-order valence-electron chi connectivity index (χ2n) is 8.33. The summed E-state index contributed by atoms with van der Waals surface area (Å²) in [5.74, 6) is -2.87. The van der Waals surface area contributed by atoms with Gasteiger partial charge in [-0.25, -0.2) is 4.79 Å². The summed E-state index contributed by atoms with van der Waals surface area (Å²) in [6.07, 6.45) is -0.419. The summed E-state index contributed by atoms with van der Waals surface area (Å²) < 4.78 is 3.78. The van der Waals surface area contributed by atoms with Crippen LogP contribution in [0.4, 0.5) is 0 Å². The first-order chi connectivity index (χ1) is 16.8. The van der Waals surface area contributed by atoms with E-state index in [9.17, 15) is 19.5 Å². The second kappa shape index (κ2) is 11.7. The summed E-state index contributed by atoms with van der Waals surface area (Å²) in [6.45, 7) is 3.45. The molecule has 0 saturated heterocycles. The van der Waals surface area contributed by atoms with Crippen LogP contribution in [-0.4, -0.2) is 28.4 Å². The van der Waals surface area contributed by atoms with Crippen molar-refractivity contribution in [2.24, 2.45) is 5.92 Å². The van der Waals surface area contributed by atoms with E-state index in [1.807, 2.05) is 91.0 Å². The van der Waals surface area contributed by atoms with Crippen molar-refractivity contribution >= 4 is 56.8 Å². The highest BCUT2D eigenvalue weighted by atomic mass is 79.9. The number of aliphatic carboxylic acids is 1. The third-order valence-electron chi connectivity index (χ3n) is 5.86. The first-order valence-corrected chi connectivity index (χ1v) is 14.0. The average Bonchev–Trinajstić information content (AvgIpc) is 2.86. The topological polar surface area (TPSA) is 83.5 Å². The minimum Gasteiger partial charge on any atom is -0.550 e. The Morgan fingerprint density at radius 3 is 1.57 bits per heavy atom. The van der Waals surface area contributed by atoms with Gasteiger partial charge in [-0.3, -0.25) is 4.79 Å². The summed E-state index contributed by atoms with van der Waals surface area (Å²) in [7, 11) is -3.08. The Morgan fingerprint density at radius 2 is 1.23 bits per heavy atom. The molecular weight excluding hydrogens is 527 g/mol. The summed E-state index contributed by atoms with van der Waals surface area (Å²) in [6, 6.07) is 28.6. The third kappa shape index (κ3) is 5.24. The Kier molecular flexibility index (Phi) is 8.98. The van der Waals surface area contributed by atoms with Crippen molar-refractivity contribution in [3.05, 3.63) is 91.0 Å². The largest absolute Gasteiger partial charge is 0.550 e. The van der Waals surface area contributed by atoms with Crippen LogP contribution in [0.2, 0.25) is 0 Å². The van der Waals surface area contributed by atoms with Crippen LogP contribution in [0.3, 0.4) is 0 Å². The summed E-state index contributed by atoms with van der Waals surface area (Å²) >= 11 is 3.71. The minimum absolute atomic E-state index is 0.0897. The molecule has 0 bridgehead atoms. The fourth-order valence-electron chi connectivity index (χ4n) is 4.41. The molecule has 35 heavy (non-hydrogen) atoms. The molecule has 2 atom stereocenters. The number of carboxylic acid groups (broad SMARTS) is 1. The van der Waals surface area contributed by atoms with Crippen LogP contribution in [0, 0.1) is 5.92 Å². The van der Waals surface area contributed by atoms with E-state index < -0.39 is 35.0 Å². The highest BCUT2D eigenvalue weighted by molar-refractivity contribution is 9.12. The summed E-state index contributed by atoms with van der Waals surface area (Å²) in [5, 5.41) is 13.7. The maximum absolute atomic E-state index is 14.2. The normalized spacial score (nSPS) is 13.9. The molecule has 0 saturated carbocycles. The van der Waals surface area contributed by atoms with Crippen molar-refractivity contribution in [3.8, 4) is 0 Å². The lowest BCUT2D eigenvalue weighted by Gasteiger charge is -2.38. The van der Waals surface area contributed by atoms with Gasteiger partial charge in [-0.1, -0.05) is 61.5 Å². The van der Waals surface area contributed by atoms with Gasteiger partial charge in [0.05, 0.1) is 6.61 Å². The number of esters is 1. The number of halogens is 1. The molecule has 0 aromatic heterocycles. The van der Waals surface area contributed by atoms with Gasteiger partial charge >= 0.3 is 5.97 Å². The molecule has 182 valence electrons. The SMILES string of the molecule is CCOC(=O)C(Br)(C(=O)CC(C)CC(=O)[O-])[P+](c1ccccc1)(c1ccccc1)c1ccccc1. The van der Waals surface area contributed by atoms with Gasteiger partial charge in [0.25, 0.3) is 4.07 Å². The van der Waals surface area contributed by atoms with Crippen molar-refractivity contribution in [1.29, 1.82) is 0 Å². The number of Topliss-reactive ketones (excluding diaryl/α,β-unsaturated/α-hetero) is 1. The molecule has 0 amide bonds. The van der Waals surface area contributed by atoms with E-state index >= 15 is 0 Å². The van der Waals surface area contributed by atoms with E-state index in [-0.39, 0.29) is 19.4 Å². The first-order valence-electron chi connectivity index (χ1n) is 11.4. The number of hydrogen-bond acceptors (Lipinski definition) is 5. The monoisotopic (exact) mass is 554 g/mol. The summed E-state index contributed by atoms with van der Waals surface area (Å²) in [5.41, 5.74) is 0. The Hall–Kier alpha value is -2.82. The molecule has 3 aromatic rings. The van der Waals surface area contributed by atoms with Gasteiger partial charge in [-0.15, -0.1) is 0 Å². The van der Waals surface area contributed by atoms with Gasteiger partial charge in [-0.2, -0.15) is 0 Å². The van der Waals surface area contributed by atoms with E-state index in [2.05, 4.69) is 15.9 Å². The van der Waals surface area contributed by atoms with Crippen LogP contribution in [0.1, 0.15) is 26.7 Å². The minimum atomic E-state index is -3.08. The molecule has 5 nitrogen and oxygen atoms in total. The van der Waals surface area contributed by atoms with Crippen LogP contribution < -0.4 is 21.0 Å². The average molecular weight is 555 g/mol. The van der Waals surface area contributed by atoms with Crippen LogP contribution >= 0.6 is 23.2 Å². The predicted octanol–water partition coefficient (Wildman–Crippen LogP) is 3.37. The zero-order valence-corrected chi connectivity index (χ0v) is 22.2. The molecule has 7 heteroatoms. The number of carbonyl (C=O) groups is 3. The van der Waals surface area contributed by atoms with Crippen LogP contribution in [0.25, 0.3) is 0 Å². The Morgan fingerprint density at radius 1 is 0.829 bits per heavy atom. The number of rotatable bonds is 11. The van der Waals surface area contributed by atoms with E-state index in [0.717, 1.165) is 15.9 Å². The maximum Gasteiger partial charge on any atom is 0.370 e. The number of alkyl halides is 1. The van der Waals surface area contributed by atoms with Gasteiger partial charge in [0.15, 0.2) is 5.78 Å². The van der Waals surface area contributed by atoms with Crippen molar-refractivity contribution in [2.75, 3.05) is 6.61 Å². The lowest BCUT2D eigenvalue weighted by Crippen LogP contribution is -2.54. The quantitative estimate of drug-likeness (QED) is 0.157. The number of ether oxygens (including phenoxy) is 1. The maximum atomic E-state index is 14.2. The molecule has 0 aliphatic heterocycles. The molecule has 0 fully saturated rings. The van der Waals surface area contributed by atoms with E-state index in [0.29, 0.717) is 0 Å². The number of carbonyl (C=O) groups excluding carboxylic acids is 3. The van der Waals surface area contributed by atoms with Gasteiger partial charge in [0, 0.05) is 12.4 Å². The standard InChI is InChI=1S/C28H28BrO5P/c1-3-34-27(33)28(29,25(30)19-21(2)20-26(31)32)35(22-13-7-4-8-14-22,23-15-9-5-10-16-23)24-17-11-6-12-18-24/h4-18,21H,3,19-20H2,1-2H3. The Labute approximate surface area is 215 Å².